The van der Waals surface area contributed by atoms with Gasteiger partial charge in [-0.25, -0.2) is 0 Å². The zero-order valence-electron chi connectivity index (χ0n) is 8.31. The first kappa shape index (κ1) is 13.8. The summed E-state index contributed by atoms with van der Waals surface area (Å²) in [6, 6.07) is 4.43. The molecule has 16 heavy (non-hydrogen) atoms. The van der Waals surface area contributed by atoms with Gasteiger partial charge in [0.2, 0.25) is 0 Å². The van der Waals surface area contributed by atoms with Crippen LogP contribution in [-0.2, 0) is 0 Å². The summed E-state index contributed by atoms with van der Waals surface area (Å²) < 4.78 is 42.9. The molecule has 0 N–H and O–H groups in total. The van der Waals surface area contributed by atoms with Crippen LogP contribution in [0.1, 0.15) is 17.3 Å². The number of alkyl halides is 4. The summed E-state index contributed by atoms with van der Waals surface area (Å²) in [5.41, 5.74) is 0.135. The van der Waals surface area contributed by atoms with Crippen LogP contribution in [-0.4, -0.2) is 12.8 Å². The number of rotatable bonds is 3. The van der Waals surface area contributed by atoms with E-state index >= 15 is 0 Å². The maximum Gasteiger partial charge on any atom is 0.405 e. The van der Waals surface area contributed by atoms with Gasteiger partial charge >= 0.3 is 6.18 Å². The second-order valence-electron chi connectivity index (χ2n) is 3.02. The van der Waals surface area contributed by atoms with E-state index in [2.05, 4.69) is 31.9 Å². The van der Waals surface area contributed by atoms with Crippen molar-refractivity contribution in [3.8, 4) is 5.75 Å². The monoisotopic (exact) mass is 360 g/mol. The van der Waals surface area contributed by atoms with Gasteiger partial charge in [0.25, 0.3) is 0 Å². The van der Waals surface area contributed by atoms with Crippen molar-refractivity contribution < 1.29 is 17.9 Å². The quantitative estimate of drug-likeness (QED) is 0.699. The molecule has 0 bridgehead atoms. The number of hydrogen-bond donors (Lipinski definition) is 0. The van der Waals surface area contributed by atoms with Crippen molar-refractivity contribution in [3.63, 3.8) is 0 Å². The van der Waals surface area contributed by atoms with Crippen molar-refractivity contribution in [1.29, 1.82) is 0 Å². The summed E-state index contributed by atoms with van der Waals surface area (Å²) in [7, 11) is 0. The van der Waals surface area contributed by atoms with Crippen LogP contribution in [0.25, 0.3) is 0 Å². The van der Waals surface area contributed by atoms with Gasteiger partial charge in [-0.1, -0.05) is 37.9 Å². The highest BCUT2D eigenvalue weighted by atomic mass is 79.9. The van der Waals surface area contributed by atoms with Crippen molar-refractivity contribution in [2.45, 2.75) is 17.9 Å². The average molecular weight is 362 g/mol. The maximum atomic E-state index is 12.5. The summed E-state index contributed by atoms with van der Waals surface area (Å²) in [5.74, 6) is 0.542. The van der Waals surface area contributed by atoms with Gasteiger partial charge in [-0.3, -0.25) is 0 Å². The van der Waals surface area contributed by atoms with Crippen LogP contribution < -0.4 is 4.74 Å². The summed E-state index contributed by atoms with van der Waals surface area (Å²) in [5, 5.41) is 0. The van der Waals surface area contributed by atoms with Gasteiger partial charge in [0.05, 0.1) is 6.61 Å². The van der Waals surface area contributed by atoms with E-state index in [1.807, 2.05) is 6.92 Å². The first-order valence-electron chi connectivity index (χ1n) is 4.49. The van der Waals surface area contributed by atoms with Crippen molar-refractivity contribution in [2.75, 3.05) is 6.61 Å². The highest BCUT2D eigenvalue weighted by Crippen LogP contribution is 2.43. The van der Waals surface area contributed by atoms with E-state index in [9.17, 15) is 13.2 Å². The Morgan fingerprint density at radius 3 is 2.44 bits per heavy atom. The van der Waals surface area contributed by atoms with Crippen LogP contribution in [0.5, 0.6) is 5.75 Å². The fourth-order valence-corrected chi connectivity index (χ4v) is 2.44. The van der Waals surface area contributed by atoms with E-state index in [-0.39, 0.29) is 5.56 Å². The second kappa shape index (κ2) is 5.40. The van der Waals surface area contributed by atoms with E-state index in [1.165, 1.54) is 18.2 Å². The maximum absolute atomic E-state index is 12.5. The normalized spacial score (nSPS) is 13.6. The van der Waals surface area contributed by atoms with E-state index in [4.69, 9.17) is 4.74 Å². The molecule has 90 valence electrons. The smallest absolute Gasteiger partial charge is 0.405 e. The number of halogens is 5. The SMILES string of the molecule is CCOc1ccc(C(Br)C(F)(F)F)c(Br)c1. The van der Waals surface area contributed by atoms with Crippen LogP contribution in [0.15, 0.2) is 22.7 Å². The third-order valence-corrected chi connectivity index (χ3v) is 3.54. The summed E-state index contributed by atoms with van der Waals surface area (Å²) in [6.07, 6.45) is -4.31. The molecule has 0 heterocycles. The molecule has 0 radical (unpaired) electrons. The van der Waals surface area contributed by atoms with Gasteiger partial charge in [0.1, 0.15) is 10.6 Å². The van der Waals surface area contributed by atoms with Crippen LogP contribution in [0.3, 0.4) is 0 Å². The van der Waals surface area contributed by atoms with Gasteiger partial charge in [0.15, 0.2) is 0 Å². The molecule has 6 heteroatoms. The Kier molecular flexibility index (Phi) is 4.67. The minimum Gasteiger partial charge on any atom is -0.494 e. The summed E-state index contributed by atoms with van der Waals surface area (Å²) >= 11 is 5.73. The van der Waals surface area contributed by atoms with Crippen molar-refractivity contribution in [3.05, 3.63) is 28.2 Å². The fraction of sp³-hybridized carbons (Fsp3) is 0.400. The lowest BCUT2D eigenvalue weighted by Crippen LogP contribution is -2.15. The molecule has 0 amide bonds. The number of ether oxygens (including phenoxy) is 1. The zero-order valence-corrected chi connectivity index (χ0v) is 11.5. The summed E-state index contributed by atoms with van der Waals surface area (Å²) in [4.78, 5) is -1.68. The van der Waals surface area contributed by atoms with E-state index in [1.54, 1.807) is 0 Å². The topological polar surface area (TPSA) is 9.23 Å². The standard InChI is InChI=1S/C10H9Br2F3O/c1-2-16-6-3-4-7(8(11)5-6)9(12)10(13,14)15/h3-5,9H,2H2,1H3. The van der Waals surface area contributed by atoms with Gasteiger partial charge in [-0.15, -0.1) is 0 Å². The Labute approximate surface area is 108 Å². The molecule has 0 aliphatic carbocycles. The molecule has 0 spiro atoms. The van der Waals surface area contributed by atoms with Crippen LogP contribution in [0, 0.1) is 0 Å². The Morgan fingerprint density at radius 1 is 1.38 bits per heavy atom. The Hall–Kier alpha value is -0.230. The third kappa shape index (κ3) is 3.38. The molecular weight excluding hydrogens is 353 g/mol. The van der Waals surface area contributed by atoms with Gasteiger partial charge in [-0.05, 0) is 24.6 Å². The van der Waals surface area contributed by atoms with Gasteiger partial charge < -0.3 is 4.74 Å². The molecule has 1 unspecified atom stereocenters. The second-order valence-corrected chi connectivity index (χ2v) is 4.79. The predicted molar refractivity (Wildman–Crippen MR) is 63.0 cm³/mol. The van der Waals surface area contributed by atoms with Crippen LogP contribution >= 0.6 is 31.9 Å². The zero-order chi connectivity index (χ0) is 12.3. The minimum atomic E-state index is -4.31. The lowest BCUT2D eigenvalue weighted by molar-refractivity contribution is -0.128. The third-order valence-electron chi connectivity index (χ3n) is 1.84. The summed E-state index contributed by atoms with van der Waals surface area (Å²) in [6.45, 7) is 2.29. The molecular formula is C10H9Br2F3O. The first-order chi connectivity index (χ1) is 7.36. The first-order valence-corrected chi connectivity index (χ1v) is 6.20. The van der Waals surface area contributed by atoms with Crippen LogP contribution in [0.4, 0.5) is 13.2 Å². The lowest BCUT2D eigenvalue weighted by atomic mass is 10.1. The minimum absolute atomic E-state index is 0.135. The average Bonchev–Trinajstić information content (AvgIpc) is 2.16. The molecule has 0 aliphatic rings. The van der Waals surface area contributed by atoms with E-state index in [0.717, 1.165) is 0 Å². The number of benzene rings is 1. The van der Waals surface area contributed by atoms with Crippen LogP contribution in [0.2, 0.25) is 0 Å². The van der Waals surface area contributed by atoms with Crippen molar-refractivity contribution in [2.24, 2.45) is 0 Å². The van der Waals surface area contributed by atoms with E-state index < -0.39 is 11.0 Å². The lowest BCUT2D eigenvalue weighted by Gasteiger charge is -2.16. The molecule has 1 aromatic rings. The van der Waals surface area contributed by atoms with Crippen molar-refractivity contribution >= 4 is 31.9 Å². The molecule has 0 aliphatic heterocycles. The van der Waals surface area contributed by atoms with Gasteiger partial charge in [0, 0.05) is 4.47 Å². The molecule has 1 nitrogen and oxygen atoms in total. The Bertz CT molecular complexity index is 366. The molecule has 1 aromatic carbocycles. The highest BCUT2D eigenvalue weighted by Gasteiger charge is 2.39. The van der Waals surface area contributed by atoms with Gasteiger partial charge in [-0.2, -0.15) is 13.2 Å². The highest BCUT2D eigenvalue weighted by molar-refractivity contribution is 9.11. The van der Waals surface area contributed by atoms with E-state index in [0.29, 0.717) is 16.8 Å². The fourth-order valence-electron chi connectivity index (χ4n) is 1.15. The molecule has 0 aromatic heterocycles. The Morgan fingerprint density at radius 2 is 2.00 bits per heavy atom. The molecule has 1 atom stereocenters. The Balaban J connectivity index is 2.99. The molecule has 0 saturated carbocycles. The number of hydrogen-bond acceptors (Lipinski definition) is 1. The predicted octanol–water partition coefficient (Wildman–Crippen LogP) is 4.85. The molecule has 0 fully saturated rings. The van der Waals surface area contributed by atoms with Crippen molar-refractivity contribution in [1.82, 2.24) is 0 Å². The molecule has 1 rings (SSSR count). The molecule has 0 saturated heterocycles. The largest absolute Gasteiger partial charge is 0.494 e.